The number of benzene rings is 2. The van der Waals surface area contributed by atoms with Crippen LogP contribution in [0.1, 0.15) is 13.8 Å². The molecule has 0 fully saturated rings. The molecule has 0 bridgehead atoms. The van der Waals surface area contributed by atoms with Crippen LogP contribution in [-0.4, -0.2) is 20.4 Å². The van der Waals surface area contributed by atoms with Gasteiger partial charge in [0.25, 0.3) is 0 Å². The SMILES string of the molecule is CC(C)SSc1nnc(-c2ccccc2)c(-c2ccccc2)n1. The molecule has 0 unspecified atom stereocenters. The molecule has 0 saturated carbocycles. The summed E-state index contributed by atoms with van der Waals surface area (Å²) >= 11 is 0. The molecule has 0 N–H and O–H groups in total. The van der Waals surface area contributed by atoms with Gasteiger partial charge in [-0.05, 0) is 10.8 Å². The fraction of sp³-hybridized carbons (Fsp3) is 0.167. The molecule has 0 aliphatic heterocycles. The van der Waals surface area contributed by atoms with Gasteiger partial charge in [0, 0.05) is 16.4 Å². The summed E-state index contributed by atoms with van der Waals surface area (Å²) in [6.07, 6.45) is 0. The number of nitrogens with zero attached hydrogens (tertiary/aromatic N) is 3. The lowest BCUT2D eigenvalue weighted by molar-refractivity contribution is 0.854. The highest BCUT2D eigenvalue weighted by Gasteiger charge is 2.14. The standard InChI is InChI=1S/C18H17N3S2/c1-13(2)22-23-18-19-16(14-9-5-3-6-10-14)17(20-21-18)15-11-7-4-8-12-15/h3-13H,1-2H3. The van der Waals surface area contributed by atoms with E-state index in [4.69, 9.17) is 4.98 Å². The Morgan fingerprint density at radius 1 is 0.739 bits per heavy atom. The van der Waals surface area contributed by atoms with E-state index in [9.17, 15) is 0 Å². The second-order valence-corrected chi connectivity index (χ2v) is 8.00. The minimum absolute atomic E-state index is 0.512. The van der Waals surface area contributed by atoms with E-state index in [2.05, 4.69) is 36.2 Å². The van der Waals surface area contributed by atoms with Crippen molar-refractivity contribution in [2.45, 2.75) is 24.3 Å². The van der Waals surface area contributed by atoms with Crippen molar-refractivity contribution in [2.75, 3.05) is 0 Å². The van der Waals surface area contributed by atoms with Crippen molar-refractivity contribution in [2.24, 2.45) is 0 Å². The van der Waals surface area contributed by atoms with Crippen LogP contribution in [0, 0.1) is 0 Å². The van der Waals surface area contributed by atoms with Crippen molar-refractivity contribution in [1.29, 1.82) is 0 Å². The summed E-state index contributed by atoms with van der Waals surface area (Å²) in [7, 11) is 3.31. The zero-order valence-electron chi connectivity index (χ0n) is 13.0. The lowest BCUT2D eigenvalue weighted by atomic mass is 10.0. The van der Waals surface area contributed by atoms with Crippen LogP contribution in [0.3, 0.4) is 0 Å². The van der Waals surface area contributed by atoms with Gasteiger partial charge < -0.3 is 0 Å². The third-order valence-electron chi connectivity index (χ3n) is 3.08. The van der Waals surface area contributed by atoms with Gasteiger partial charge in [-0.2, -0.15) is 0 Å². The van der Waals surface area contributed by atoms with Gasteiger partial charge in [0.05, 0.1) is 0 Å². The Balaban J connectivity index is 2.05. The Bertz CT molecular complexity index is 762. The molecule has 0 aliphatic carbocycles. The molecule has 0 aliphatic rings. The Labute approximate surface area is 144 Å². The van der Waals surface area contributed by atoms with Crippen molar-refractivity contribution in [3.8, 4) is 22.5 Å². The Kier molecular flexibility index (Phi) is 5.31. The van der Waals surface area contributed by atoms with Crippen LogP contribution in [0.4, 0.5) is 0 Å². The lowest BCUT2D eigenvalue weighted by Crippen LogP contribution is -1.98. The largest absolute Gasteiger partial charge is 0.220 e. The lowest BCUT2D eigenvalue weighted by Gasteiger charge is -2.09. The molecule has 0 atom stereocenters. The predicted octanol–water partition coefficient (Wildman–Crippen LogP) is 5.35. The molecule has 3 nitrogen and oxygen atoms in total. The van der Waals surface area contributed by atoms with Gasteiger partial charge in [0.1, 0.15) is 11.4 Å². The maximum absolute atomic E-state index is 4.76. The summed E-state index contributed by atoms with van der Waals surface area (Å²) in [5.41, 5.74) is 3.77. The molecule has 5 heteroatoms. The van der Waals surface area contributed by atoms with Gasteiger partial charge in [-0.25, -0.2) is 4.98 Å². The van der Waals surface area contributed by atoms with Crippen molar-refractivity contribution >= 4 is 21.6 Å². The summed E-state index contributed by atoms with van der Waals surface area (Å²) < 4.78 is 0. The topological polar surface area (TPSA) is 38.7 Å². The van der Waals surface area contributed by atoms with E-state index in [1.807, 2.05) is 48.5 Å². The molecule has 2 aromatic carbocycles. The summed E-state index contributed by atoms with van der Waals surface area (Å²) in [5, 5.41) is 9.96. The first-order chi connectivity index (χ1) is 11.2. The van der Waals surface area contributed by atoms with Crippen LogP contribution in [0.2, 0.25) is 0 Å². The van der Waals surface area contributed by atoms with Gasteiger partial charge in [0.2, 0.25) is 5.16 Å². The normalized spacial score (nSPS) is 10.9. The summed E-state index contributed by atoms with van der Waals surface area (Å²) in [4.78, 5) is 4.76. The minimum atomic E-state index is 0.512. The maximum atomic E-state index is 4.76. The van der Waals surface area contributed by atoms with E-state index < -0.39 is 0 Å². The minimum Gasteiger partial charge on any atom is -0.218 e. The fourth-order valence-corrected chi connectivity index (χ4v) is 3.60. The van der Waals surface area contributed by atoms with Gasteiger partial charge in [0.15, 0.2) is 0 Å². The number of aromatic nitrogens is 3. The van der Waals surface area contributed by atoms with Crippen molar-refractivity contribution < 1.29 is 0 Å². The van der Waals surface area contributed by atoms with Gasteiger partial charge in [-0.3, -0.25) is 0 Å². The van der Waals surface area contributed by atoms with Gasteiger partial charge in [-0.1, -0.05) is 85.3 Å². The van der Waals surface area contributed by atoms with Crippen molar-refractivity contribution in [3.63, 3.8) is 0 Å². The first kappa shape index (κ1) is 16.0. The highest BCUT2D eigenvalue weighted by atomic mass is 33.1. The van der Waals surface area contributed by atoms with E-state index in [0.717, 1.165) is 22.5 Å². The molecule has 0 radical (unpaired) electrons. The summed E-state index contributed by atoms with van der Waals surface area (Å²) in [5.74, 6) is 0. The molecule has 0 spiro atoms. The Morgan fingerprint density at radius 2 is 1.30 bits per heavy atom. The zero-order valence-corrected chi connectivity index (χ0v) is 14.6. The maximum Gasteiger partial charge on any atom is 0.220 e. The number of hydrogen-bond acceptors (Lipinski definition) is 5. The molecule has 23 heavy (non-hydrogen) atoms. The number of rotatable bonds is 5. The molecule has 1 aromatic heterocycles. The molecule has 0 saturated heterocycles. The molecule has 0 amide bonds. The van der Waals surface area contributed by atoms with E-state index in [1.165, 1.54) is 0 Å². The smallest absolute Gasteiger partial charge is 0.218 e. The quantitative estimate of drug-likeness (QED) is 0.586. The highest BCUT2D eigenvalue weighted by molar-refractivity contribution is 8.76. The molecule has 3 aromatic rings. The van der Waals surface area contributed by atoms with Crippen molar-refractivity contribution in [1.82, 2.24) is 15.2 Å². The zero-order chi connectivity index (χ0) is 16.1. The predicted molar refractivity (Wildman–Crippen MR) is 99.3 cm³/mol. The molecular weight excluding hydrogens is 322 g/mol. The first-order valence-corrected chi connectivity index (χ1v) is 9.64. The Hall–Kier alpha value is -1.85. The van der Waals surface area contributed by atoms with Crippen LogP contribution < -0.4 is 0 Å². The van der Waals surface area contributed by atoms with Crippen LogP contribution >= 0.6 is 21.6 Å². The third-order valence-corrected chi connectivity index (χ3v) is 5.77. The monoisotopic (exact) mass is 339 g/mol. The average molecular weight is 339 g/mol. The summed E-state index contributed by atoms with van der Waals surface area (Å²) in [6, 6.07) is 20.2. The van der Waals surface area contributed by atoms with Crippen LogP contribution in [-0.2, 0) is 0 Å². The molecule has 1 heterocycles. The highest BCUT2D eigenvalue weighted by Crippen LogP contribution is 2.34. The first-order valence-electron chi connectivity index (χ1n) is 7.43. The van der Waals surface area contributed by atoms with Crippen LogP contribution in [0.5, 0.6) is 0 Å². The van der Waals surface area contributed by atoms with Gasteiger partial charge in [-0.15, -0.1) is 10.2 Å². The average Bonchev–Trinajstić information content (AvgIpc) is 2.61. The Morgan fingerprint density at radius 3 is 1.87 bits per heavy atom. The van der Waals surface area contributed by atoms with Crippen LogP contribution in [0.15, 0.2) is 65.8 Å². The van der Waals surface area contributed by atoms with Gasteiger partial charge >= 0.3 is 0 Å². The molecule has 116 valence electrons. The third kappa shape index (κ3) is 4.12. The number of hydrogen-bond donors (Lipinski definition) is 0. The second-order valence-electron chi connectivity index (χ2n) is 5.25. The van der Waals surface area contributed by atoms with E-state index >= 15 is 0 Å². The van der Waals surface area contributed by atoms with Crippen LogP contribution in [0.25, 0.3) is 22.5 Å². The van der Waals surface area contributed by atoms with E-state index in [0.29, 0.717) is 10.4 Å². The second kappa shape index (κ2) is 7.62. The van der Waals surface area contributed by atoms with E-state index in [-0.39, 0.29) is 0 Å². The summed E-state index contributed by atoms with van der Waals surface area (Å²) in [6.45, 7) is 4.31. The van der Waals surface area contributed by atoms with E-state index in [1.54, 1.807) is 21.6 Å². The van der Waals surface area contributed by atoms with Crippen molar-refractivity contribution in [3.05, 3.63) is 60.7 Å². The molecular formula is C18H17N3S2. The molecule has 3 rings (SSSR count). The fourth-order valence-electron chi connectivity index (χ4n) is 2.07.